The number of ether oxygens (including phenoxy) is 1. The molecule has 0 atom stereocenters. The average molecular weight is 286 g/mol. The maximum absolute atomic E-state index is 11.8. The maximum Gasteiger partial charge on any atom is 0.411 e. The molecule has 0 aliphatic carbocycles. The highest BCUT2D eigenvalue weighted by atomic mass is 16.5. The molecule has 1 aromatic carbocycles. The van der Waals surface area contributed by atoms with Crippen molar-refractivity contribution in [2.45, 2.75) is 6.54 Å². The monoisotopic (exact) mass is 286 g/mol. The zero-order valence-corrected chi connectivity index (χ0v) is 11.4. The molecule has 0 saturated carbocycles. The lowest BCUT2D eigenvalue weighted by molar-refractivity contribution is 0.0945. The van der Waals surface area contributed by atoms with E-state index in [-0.39, 0.29) is 11.6 Å². The fourth-order valence-electron chi connectivity index (χ4n) is 1.56. The number of amides is 2. The summed E-state index contributed by atoms with van der Waals surface area (Å²) in [5.74, 6) is -0.292. The molecule has 1 aromatic heterocycles. The Bertz CT molecular complexity index is 614. The zero-order valence-electron chi connectivity index (χ0n) is 11.4. The Hall–Kier alpha value is -2.96. The Labute approximate surface area is 121 Å². The predicted molar refractivity (Wildman–Crippen MR) is 75.7 cm³/mol. The van der Waals surface area contributed by atoms with Crippen molar-refractivity contribution >= 4 is 17.7 Å². The van der Waals surface area contributed by atoms with Crippen LogP contribution in [-0.2, 0) is 11.3 Å². The topological polar surface area (TPSA) is 93.2 Å². The second-order valence-corrected chi connectivity index (χ2v) is 4.09. The lowest BCUT2D eigenvalue weighted by Gasteiger charge is -2.06. The minimum atomic E-state index is -0.529. The Balaban J connectivity index is 1.89. The molecular weight excluding hydrogens is 272 g/mol. The van der Waals surface area contributed by atoms with E-state index in [4.69, 9.17) is 0 Å². The third kappa shape index (κ3) is 4.27. The van der Waals surface area contributed by atoms with Gasteiger partial charge in [-0.3, -0.25) is 15.1 Å². The summed E-state index contributed by atoms with van der Waals surface area (Å²) in [5.41, 5.74) is 1.77. The number of carbonyl (C=O) groups excluding carboxylic acids is 2. The molecule has 0 bridgehead atoms. The molecule has 2 N–H and O–H groups in total. The minimum Gasteiger partial charge on any atom is -0.453 e. The number of carbonyl (C=O) groups is 2. The van der Waals surface area contributed by atoms with Crippen LogP contribution in [0.15, 0.2) is 42.9 Å². The highest BCUT2D eigenvalue weighted by Gasteiger charge is 2.06. The van der Waals surface area contributed by atoms with Crippen molar-refractivity contribution in [1.82, 2.24) is 15.3 Å². The molecule has 108 valence electrons. The zero-order chi connectivity index (χ0) is 15.1. The molecule has 0 aliphatic rings. The number of nitrogens with one attached hydrogen (secondary N) is 2. The second-order valence-electron chi connectivity index (χ2n) is 4.09. The number of hydrogen-bond donors (Lipinski definition) is 2. The van der Waals surface area contributed by atoms with Gasteiger partial charge in [0.25, 0.3) is 5.91 Å². The summed E-state index contributed by atoms with van der Waals surface area (Å²) in [7, 11) is 1.30. The SMILES string of the molecule is COC(=O)Nc1ccc(CNC(=O)c2cnccn2)cc1. The number of rotatable bonds is 4. The van der Waals surface area contributed by atoms with E-state index in [1.54, 1.807) is 24.3 Å². The van der Waals surface area contributed by atoms with Gasteiger partial charge in [0.05, 0.1) is 13.3 Å². The summed E-state index contributed by atoms with van der Waals surface area (Å²) < 4.78 is 4.49. The quantitative estimate of drug-likeness (QED) is 0.890. The van der Waals surface area contributed by atoms with Crippen LogP contribution < -0.4 is 10.6 Å². The van der Waals surface area contributed by atoms with E-state index in [0.29, 0.717) is 12.2 Å². The van der Waals surface area contributed by atoms with Gasteiger partial charge in [0, 0.05) is 24.6 Å². The van der Waals surface area contributed by atoms with E-state index < -0.39 is 6.09 Å². The summed E-state index contributed by atoms with van der Waals surface area (Å²) in [5, 5.41) is 5.28. The number of aromatic nitrogens is 2. The molecule has 0 saturated heterocycles. The fraction of sp³-hybridized carbons (Fsp3) is 0.143. The molecule has 2 aromatic rings. The molecule has 0 unspecified atom stereocenters. The molecule has 21 heavy (non-hydrogen) atoms. The van der Waals surface area contributed by atoms with Crippen molar-refractivity contribution in [3.63, 3.8) is 0 Å². The number of anilines is 1. The van der Waals surface area contributed by atoms with E-state index in [1.807, 2.05) is 0 Å². The summed E-state index contributed by atoms with van der Waals surface area (Å²) in [6.45, 7) is 0.355. The van der Waals surface area contributed by atoms with Crippen LogP contribution in [0, 0.1) is 0 Å². The van der Waals surface area contributed by atoms with Gasteiger partial charge in [0.15, 0.2) is 0 Å². The van der Waals surface area contributed by atoms with Crippen LogP contribution in [0.3, 0.4) is 0 Å². The van der Waals surface area contributed by atoms with Crippen LogP contribution in [-0.4, -0.2) is 29.1 Å². The van der Waals surface area contributed by atoms with Gasteiger partial charge in [-0.05, 0) is 17.7 Å². The predicted octanol–water partition coefficient (Wildman–Crippen LogP) is 1.58. The molecule has 7 heteroatoms. The van der Waals surface area contributed by atoms with E-state index in [0.717, 1.165) is 5.56 Å². The number of benzene rings is 1. The van der Waals surface area contributed by atoms with Gasteiger partial charge in [-0.1, -0.05) is 12.1 Å². The molecular formula is C14H14N4O3. The Morgan fingerprint density at radius 3 is 2.57 bits per heavy atom. The average Bonchev–Trinajstić information content (AvgIpc) is 2.54. The Morgan fingerprint density at radius 2 is 1.95 bits per heavy atom. The highest BCUT2D eigenvalue weighted by molar-refractivity contribution is 5.91. The van der Waals surface area contributed by atoms with Gasteiger partial charge in [-0.2, -0.15) is 0 Å². The standard InChI is InChI=1S/C14H14N4O3/c1-21-14(20)18-11-4-2-10(3-5-11)8-17-13(19)12-9-15-6-7-16-12/h2-7,9H,8H2,1H3,(H,17,19)(H,18,20). The minimum absolute atomic E-state index is 0.265. The van der Waals surface area contributed by atoms with Crippen molar-refractivity contribution in [3.8, 4) is 0 Å². The lowest BCUT2D eigenvalue weighted by Crippen LogP contribution is -2.23. The first kappa shape index (κ1) is 14.4. The number of methoxy groups -OCH3 is 1. The van der Waals surface area contributed by atoms with Crippen LogP contribution >= 0.6 is 0 Å². The third-order valence-electron chi connectivity index (χ3n) is 2.63. The lowest BCUT2D eigenvalue weighted by atomic mass is 10.2. The van der Waals surface area contributed by atoms with Crippen molar-refractivity contribution < 1.29 is 14.3 Å². The van der Waals surface area contributed by atoms with Crippen molar-refractivity contribution in [2.75, 3.05) is 12.4 Å². The van der Waals surface area contributed by atoms with Crippen LogP contribution in [0.4, 0.5) is 10.5 Å². The Kier molecular flexibility index (Phi) is 4.81. The van der Waals surface area contributed by atoms with Gasteiger partial charge < -0.3 is 10.1 Å². The second kappa shape index (κ2) is 6.99. The van der Waals surface area contributed by atoms with Gasteiger partial charge >= 0.3 is 6.09 Å². The van der Waals surface area contributed by atoms with Gasteiger partial charge in [-0.25, -0.2) is 9.78 Å². The van der Waals surface area contributed by atoms with Gasteiger partial charge in [0.2, 0.25) is 0 Å². The number of hydrogen-bond acceptors (Lipinski definition) is 5. The first-order chi connectivity index (χ1) is 10.2. The van der Waals surface area contributed by atoms with E-state index >= 15 is 0 Å². The molecule has 2 rings (SSSR count). The van der Waals surface area contributed by atoms with Crippen molar-refractivity contribution in [3.05, 3.63) is 54.1 Å². The maximum atomic E-state index is 11.8. The largest absolute Gasteiger partial charge is 0.453 e. The molecule has 2 amide bonds. The molecule has 0 fully saturated rings. The van der Waals surface area contributed by atoms with Crippen LogP contribution in [0.1, 0.15) is 16.1 Å². The van der Waals surface area contributed by atoms with Crippen molar-refractivity contribution in [2.24, 2.45) is 0 Å². The first-order valence-electron chi connectivity index (χ1n) is 6.17. The van der Waals surface area contributed by atoms with Crippen LogP contribution in [0.25, 0.3) is 0 Å². The molecule has 1 heterocycles. The summed E-state index contributed by atoms with van der Waals surface area (Å²) in [4.78, 5) is 30.6. The highest BCUT2D eigenvalue weighted by Crippen LogP contribution is 2.09. The molecule has 0 spiro atoms. The first-order valence-corrected chi connectivity index (χ1v) is 6.17. The normalized spacial score (nSPS) is 9.76. The summed E-state index contributed by atoms with van der Waals surface area (Å²) >= 11 is 0. The molecule has 0 radical (unpaired) electrons. The van der Waals surface area contributed by atoms with E-state index in [9.17, 15) is 9.59 Å². The Morgan fingerprint density at radius 1 is 1.19 bits per heavy atom. The number of nitrogens with zero attached hydrogens (tertiary/aromatic N) is 2. The van der Waals surface area contributed by atoms with Crippen LogP contribution in [0.5, 0.6) is 0 Å². The van der Waals surface area contributed by atoms with Gasteiger partial charge in [0.1, 0.15) is 5.69 Å². The molecule has 0 aliphatic heterocycles. The van der Waals surface area contributed by atoms with E-state index in [1.165, 1.54) is 25.7 Å². The third-order valence-corrected chi connectivity index (χ3v) is 2.63. The van der Waals surface area contributed by atoms with Crippen molar-refractivity contribution in [1.29, 1.82) is 0 Å². The summed E-state index contributed by atoms with van der Waals surface area (Å²) in [6, 6.07) is 7.03. The summed E-state index contributed by atoms with van der Waals surface area (Å²) in [6.07, 6.45) is 3.84. The fourth-order valence-corrected chi connectivity index (χ4v) is 1.56. The van der Waals surface area contributed by atoms with Gasteiger partial charge in [-0.15, -0.1) is 0 Å². The molecule has 7 nitrogen and oxygen atoms in total. The smallest absolute Gasteiger partial charge is 0.411 e. The van der Waals surface area contributed by atoms with Crippen LogP contribution in [0.2, 0.25) is 0 Å². The van der Waals surface area contributed by atoms with E-state index in [2.05, 4.69) is 25.3 Å².